The normalized spacial score (nSPS) is 26.9. The van der Waals surface area contributed by atoms with Crippen molar-refractivity contribution in [3.63, 3.8) is 0 Å². The summed E-state index contributed by atoms with van der Waals surface area (Å²) < 4.78 is 11.8. The lowest BCUT2D eigenvalue weighted by atomic mass is 9.54. The first kappa shape index (κ1) is 27.3. The van der Waals surface area contributed by atoms with Crippen molar-refractivity contribution in [3.05, 3.63) is 5.76 Å². The second kappa shape index (κ2) is 11.8. The average Bonchev–Trinajstić information content (AvgIpc) is 3.27. The maximum absolute atomic E-state index is 13.5. The lowest BCUT2D eigenvalue weighted by Gasteiger charge is -2.54. The molecule has 5 rings (SSSR count). The number of aromatic nitrogens is 1. The number of amides is 2. The number of nitrogens with one attached hydrogen (secondary N) is 2. The van der Waals surface area contributed by atoms with E-state index in [0.29, 0.717) is 54.5 Å². The zero-order valence-corrected chi connectivity index (χ0v) is 23.1. The standard InChI is InChI=1S/C27H44N4O4S/c1-5-27(6-2,26(33)29-8-7-28)15-34-25-23(36-14-16(3)4)22(35-31-25)24(32)30-21-19-10-17-9-18(12-19)13-20(21)11-17/h16-21H,5-15,28H2,1-4H3,(H,29,33)(H,30,32). The van der Waals surface area contributed by atoms with Crippen molar-refractivity contribution in [2.75, 3.05) is 25.4 Å². The third-order valence-electron chi connectivity index (χ3n) is 8.66. The number of thioether (sulfide) groups is 1. The Morgan fingerprint density at radius 3 is 2.33 bits per heavy atom. The number of nitrogens with zero attached hydrogens (tertiary/aromatic N) is 1. The van der Waals surface area contributed by atoms with E-state index in [1.165, 1.54) is 43.9 Å². The van der Waals surface area contributed by atoms with Gasteiger partial charge in [-0.1, -0.05) is 27.7 Å². The molecule has 4 bridgehead atoms. The van der Waals surface area contributed by atoms with Crippen LogP contribution < -0.4 is 21.1 Å². The van der Waals surface area contributed by atoms with Gasteiger partial charge in [-0.25, -0.2) is 0 Å². The summed E-state index contributed by atoms with van der Waals surface area (Å²) in [4.78, 5) is 27.0. The monoisotopic (exact) mass is 520 g/mol. The molecule has 0 atom stereocenters. The van der Waals surface area contributed by atoms with Gasteiger partial charge in [-0.15, -0.1) is 11.8 Å². The van der Waals surface area contributed by atoms with Crippen molar-refractivity contribution < 1.29 is 18.8 Å². The molecule has 0 spiro atoms. The van der Waals surface area contributed by atoms with Crippen molar-refractivity contribution in [2.45, 2.75) is 83.6 Å². The van der Waals surface area contributed by atoms with Crippen LogP contribution in [0.5, 0.6) is 5.88 Å². The van der Waals surface area contributed by atoms with Crippen LogP contribution in [0.15, 0.2) is 9.42 Å². The van der Waals surface area contributed by atoms with Crippen LogP contribution in [-0.4, -0.2) is 48.5 Å². The quantitative estimate of drug-likeness (QED) is 0.333. The van der Waals surface area contributed by atoms with E-state index in [1.54, 1.807) is 0 Å². The van der Waals surface area contributed by atoms with Gasteiger partial charge in [0.2, 0.25) is 11.7 Å². The summed E-state index contributed by atoms with van der Waals surface area (Å²) in [5, 5.41) is 10.4. The van der Waals surface area contributed by atoms with Crippen molar-refractivity contribution in [1.82, 2.24) is 15.8 Å². The van der Waals surface area contributed by atoms with Gasteiger partial charge in [0.05, 0.1) is 5.41 Å². The Morgan fingerprint density at radius 2 is 1.78 bits per heavy atom. The van der Waals surface area contributed by atoms with Gasteiger partial charge < -0.3 is 25.6 Å². The van der Waals surface area contributed by atoms with Crippen molar-refractivity contribution in [1.29, 1.82) is 0 Å². The minimum Gasteiger partial charge on any atom is -0.474 e. The first-order valence-corrected chi connectivity index (χ1v) is 14.8. The first-order chi connectivity index (χ1) is 17.3. The molecule has 1 aromatic heterocycles. The lowest BCUT2D eigenvalue weighted by Crippen LogP contribution is -2.55. The highest BCUT2D eigenvalue weighted by Crippen LogP contribution is 2.53. The third-order valence-corrected chi connectivity index (χ3v) is 10.1. The van der Waals surface area contributed by atoms with Gasteiger partial charge >= 0.3 is 0 Å². The Morgan fingerprint density at radius 1 is 1.14 bits per heavy atom. The SMILES string of the molecule is CCC(CC)(COc1noc(C(=O)NC2C3CC4CC(C3)CC2C4)c1SCC(C)C)C(=O)NCCN. The Bertz CT molecular complexity index is 886. The van der Waals surface area contributed by atoms with Gasteiger partial charge in [0.1, 0.15) is 11.5 Å². The molecule has 36 heavy (non-hydrogen) atoms. The molecule has 0 saturated heterocycles. The molecule has 8 nitrogen and oxygen atoms in total. The lowest BCUT2D eigenvalue weighted by molar-refractivity contribution is -0.133. The molecule has 0 aromatic carbocycles. The molecule has 4 aliphatic rings. The Labute approximate surface area is 219 Å². The van der Waals surface area contributed by atoms with Crippen LogP contribution in [0, 0.1) is 35.0 Å². The summed E-state index contributed by atoms with van der Waals surface area (Å²) in [5.74, 6) is 4.35. The molecule has 0 radical (unpaired) electrons. The minimum atomic E-state index is -0.698. The molecule has 4 fully saturated rings. The highest BCUT2D eigenvalue weighted by atomic mass is 32.2. The van der Waals surface area contributed by atoms with E-state index in [-0.39, 0.29) is 30.2 Å². The molecule has 4 N–H and O–H groups in total. The molecular weight excluding hydrogens is 476 g/mol. The summed E-state index contributed by atoms with van der Waals surface area (Å²) in [7, 11) is 0. The average molecular weight is 521 g/mol. The van der Waals surface area contributed by atoms with Crippen LogP contribution in [0.4, 0.5) is 0 Å². The van der Waals surface area contributed by atoms with E-state index in [2.05, 4.69) is 29.6 Å². The van der Waals surface area contributed by atoms with Gasteiger partial charge in [-0.3, -0.25) is 9.59 Å². The van der Waals surface area contributed by atoms with Crippen LogP contribution in [0.3, 0.4) is 0 Å². The van der Waals surface area contributed by atoms with Crippen molar-refractivity contribution in [2.24, 2.45) is 40.7 Å². The molecule has 202 valence electrons. The van der Waals surface area contributed by atoms with Gasteiger partial charge in [0.15, 0.2) is 0 Å². The first-order valence-electron chi connectivity index (χ1n) is 13.8. The molecule has 4 saturated carbocycles. The van der Waals surface area contributed by atoms with E-state index in [9.17, 15) is 9.59 Å². The van der Waals surface area contributed by atoms with Gasteiger partial charge in [0.25, 0.3) is 11.8 Å². The largest absolute Gasteiger partial charge is 0.474 e. The van der Waals surface area contributed by atoms with Gasteiger partial charge in [-0.05, 0) is 79.7 Å². The predicted octanol–water partition coefficient (Wildman–Crippen LogP) is 4.24. The zero-order chi connectivity index (χ0) is 25.9. The van der Waals surface area contributed by atoms with E-state index in [0.717, 1.165) is 17.6 Å². The minimum absolute atomic E-state index is 0.0716. The fourth-order valence-corrected chi connectivity index (χ4v) is 7.66. The second-order valence-corrected chi connectivity index (χ2v) is 12.6. The summed E-state index contributed by atoms with van der Waals surface area (Å²) in [5.41, 5.74) is 4.88. The number of hydrogen-bond acceptors (Lipinski definition) is 7. The topological polar surface area (TPSA) is 119 Å². The summed E-state index contributed by atoms with van der Waals surface area (Å²) in [6, 6.07) is 0.224. The smallest absolute Gasteiger partial charge is 0.291 e. The summed E-state index contributed by atoms with van der Waals surface area (Å²) in [6.07, 6.45) is 7.56. The van der Waals surface area contributed by atoms with Gasteiger partial charge in [-0.2, -0.15) is 0 Å². The molecule has 4 aliphatic carbocycles. The molecular formula is C27H44N4O4S. The number of nitrogens with two attached hydrogens (primary N) is 1. The van der Waals surface area contributed by atoms with Crippen LogP contribution in [0.2, 0.25) is 0 Å². The van der Waals surface area contributed by atoms with Crippen LogP contribution in [-0.2, 0) is 4.79 Å². The van der Waals surface area contributed by atoms with E-state index < -0.39 is 5.41 Å². The molecule has 0 aliphatic heterocycles. The van der Waals surface area contributed by atoms with Crippen LogP contribution >= 0.6 is 11.8 Å². The number of hydrogen-bond donors (Lipinski definition) is 3. The zero-order valence-electron chi connectivity index (χ0n) is 22.3. The maximum Gasteiger partial charge on any atom is 0.291 e. The van der Waals surface area contributed by atoms with E-state index >= 15 is 0 Å². The molecule has 9 heteroatoms. The Hall–Kier alpha value is -1.74. The molecule has 2 amide bonds. The molecule has 1 aromatic rings. The Balaban J connectivity index is 1.49. The number of carbonyl (C=O) groups excluding carboxylic acids is 2. The predicted molar refractivity (Wildman–Crippen MR) is 141 cm³/mol. The summed E-state index contributed by atoms with van der Waals surface area (Å²) in [6.45, 7) is 9.21. The number of ether oxygens (including phenoxy) is 1. The number of carbonyl (C=O) groups is 2. The van der Waals surface area contributed by atoms with E-state index in [4.69, 9.17) is 15.0 Å². The Kier molecular flexibility index (Phi) is 8.92. The molecule has 0 unspecified atom stereocenters. The summed E-state index contributed by atoms with van der Waals surface area (Å²) >= 11 is 1.54. The third kappa shape index (κ3) is 5.72. The van der Waals surface area contributed by atoms with Gasteiger partial charge in [0, 0.05) is 24.9 Å². The van der Waals surface area contributed by atoms with Crippen LogP contribution in [0.25, 0.3) is 0 Å². The van der Waals surface area contributed by atoms with Crippen molar-refractivity contribution >= 4 is 23.6 Å². The maximum atomic E-state index is 13.5. The fourth-order valence-electron chi connectivity index (χ4n) is 6.68. The second-order valence-electron chi connectivity index (χ2n) is 11.6. The number of rotatable bonds is 13. The van der Waals surface area contributed by atoms with Crippen LogP contribution in [0.1, 0.15) is 83.2 Å². The highest BCUT2D eigenvalue weighted by molar-refractivity contribution is 7.99. The van der Waals surface area contributed by atoms with E-state index in [1.807, 2.05) is 13.8 Å². The van der Waals surface area contributed by atoms with Crippen molar-refractivity contribution in [3.8, 4) is 5.88 Å². The molecule has 1 heterocycles. The fraction of sp³-hybridized carbons (Fsp3) is 0.815. The highest BCUT2D eigenvalue weighted by Gasteiger charge is 2.49.